The maximum absolute atomic E-state index is 4.95. The van der Waals surface area contributed by atoms with Crippen LogP contribution in [0.2, 0.25) is 0 Å². The van der Waals surface area contributed by atoms with Crippen molar-refractivity contribution in [2.75, 3.05) is 23.8 Å². The van der Waals surface area contributed by atoms with Crippen molar-refractivity contribution in [3.05, 3.63) is 35.5 Å². The quantitative estimate of drug-likeness (QED) is 0.943. The molecule has 2 heterocycles. The zero-order chi connectivity index (χ0) is 15.1. The number of anilines is 2. The number of nitrogens with one attached hydrogen (secondary N) is 1. The molecule has 2 aliphatic rings. The van der Waals surface area contributed by atoms with Crippen LogP contribution >= 0.6 is 0 Å². The van der Waals surface area contributed by atoms with Gasteiger partial charge in [0.1, 0.15) is 0 Å². The molecule has 0 unspecified atom stereocenters. The molecule has 4 heteroatoms. The topological polar surface area (TPSA) is 41.1 Å². The molecule has 1 N–H and O–H groups in total. The van der Waals surface area contributed by atoms with E-state index in [1.165, 1.54) is 29.7 Å². The average molecular weight is 294 g/mol. The van der Waals surface area contributed by atoms with Crippen LogP contribution in [0, 0.1) is 0 Å². The molecule has 1 aliphatic heterocycles. The molecule has 0 amide bonds. The van der Waals surface area contributed by atoms with E-state index in [4.69, 9.17) is 9.97 Å². The van der Waals surface area contributed by atoms with E-state index in [0.29, 0.717) is 6.04 Å². The summed E-state index contributed by atoms with van der Waals surface area (Å²) in [4.78, 5) is 12.1. The Bertz CT molecular complexity index is 710. The zero-order valence-corrected chi connectivity index (χ0v) is 13.3. The van der Waals surface area contributed by atoms with Gasteiger partial charge < -0.3 is 10.2 Å². The summed E-state index contributed by atoms with van der Waals surface area (Å²) in [7, 11) is 1.96. The molecule has 4 nitrogen and oxygen atoms in total. The summed E-state index contributed by atoms with van der Waals surface area (Å²) < 4.78 is 0. The van der Waals surface area contributed by atoms with Gasteiger partial charge in [0.2, 0.25) is 5.95 Å². The molecule has 1 aromatic carbocycles. The first-order chi connectivity index (χ1) is 10.8. The highest BCUT2D eigenvalue weighted by molar-refractivity contribution is 5.70. The van der Waals surface area contributed by atoms with Crippen LogP contribution in [0.5, 0.6) is 0 Å². The van der Waals surface area contributed by atoms with Gasteiger partial charge in [-0.05, 0) is 44.7 Å². The van der Waals surface area contributed by atoms with Gasteiger partial charge in [-0.2, -0.15) is 0 Å². The molecule has 4 rings (SSSR count). The highest BCUT2D eigenvalue weighted by atomic mass is 15.3. The Morgan fingerprint density at radius 1 is 1.23 bits per heavy atom. The lowest BCUT2D eigenvalue weighted by Crippen LogP contribution is -2.46. The Labute approximate surface area is 131 Å². The van der Waals surface area contributed by atoms with E-state index in [0.717, 1.165) is 36.7 Å². The minimum absolute atomic E-state index is 0.566. The van der Waals surface area contributed by atoms with E-state index in [-0.39, 0.29) is 0 Å². The van der Waals surface area contributed by atoms with Crippen LogP contribution in [0.4, 0.5) is 11.6 Å². The molecule has 0 saturated carbocycles. The lowest BCUT2D eigenvalue weighted by atomic mass is 10.0. The zero-order valence-electron chi connectivity index (χ0n) is 13.3. The third-order valence-corrected chi connectivity index (χ3v) is 4.92. The van der Waals surface area contributed by atoms with Crippen molar-refractivity contribution >= 4 is 11.6 Å². The molecule has 2 aromatic rings. The molecule has 1 atom stereocenters. The predicted octanol–water partition coefficient (Wildman–Crippen LogP) is 3.27. The van der Waals surface area contributed by atoms with Gasteiger partial charge in [-0.15, -0.1) is 0 Å². The third-order valence-electron chi connectivity index (χ3n) is 4.92. The first-order valence-electron chi connectivity index (χ1n) is 8.21. The van der Waals surface area contributed by atoms with Gasteiger partial charge in [0.25, 0.3) is 0 Å². The van der Waals surface area contributed by atoms with Crippen molar-refractivity contribution in [1.82, 2.24) is 9.97 Å². The molecule has 0 spiro atoms. The predicted molar refractivity (Wildman–Crippen MR) is 90.5 cm³/mol. The minimum Gasteiger partial charge on any atom is -0.388 e. The standard InChI is InChI=1S/C18H22N4/c1-12-9-10-22(12)18-20-16-8-4-7-15(16)17(21-18)13-5-3-6-14(11-13)19-2/h3,5-6,11-12,19H,4,7-10H2,1-2H3/t12-/m0/s1. The fraction of sp³-hybridized carbons (Fsp3) is 0.444. The number of fused-ring (bicyclic) bond motifs is 1. The van der Waals surface area contributed by atoms with Gasteiger partial charge in [0.15, 0.2) is 0 Å². The fourth-order valence-corrected chi connectivity index (χ4v) is 3.42. The average Bonchev–Trinajstić information content (AvgIpc) is 3.01. The molecular weight excluding hydrogens is 272 g/mol. The van der Waals surface area contributed by atoms with Crippen LogP contribution in [0.1, 0.15) is 31.0 Å². The van der Waals surface area contributed by atoms with E-state index in [1.54, 1.807) is 0 Å². The Kier molecular flexibility index (Phi) is 3.25. The smallest absolute Gasteiger partial charge is 0.226 e. The molecule has 1 aromatic heterocycles. The Morgan fingerprint density at radius 2 is 2.14 bits per heavy atom. The van der Waals surface area contributed by atoms with Crippen LogP contribution in [-0.4, -0.2) is 29.6 Å². The van der Waals surface area contributed by atoms with Gasteiger partial charge in [0.05, 0.1) is 5.69 Å². The highest BCUT2D eigenvalue weighted by Crippen LogP contribution is 2.34. The summed E-state index contributed by atoms with van der Waals surface area (Å²) in [6.45, 7) is 3.33. The molecule has 0 bridgehead atoms. The summed E-state index contributed by atoms with van der Waals surface area (Å²) in [5, 5.41) is 3.22. The summed E-state index contributed by atoms with van der Waals surface area (Å²) in [6, 6.07) is 9.09. The Morgan fingerprint density at radius 3 is 2.86 bits per heavy atom. The number of aryl methyl sites for hydroxylation is 1. The van der Waals surface area contributed by atoms with Crippen LogP contribution in [0.15, 0.2) is 24.3 Å². The van der Waals surface area contributed by atoms with Gasteiger partial charge in [0, 0.05) is 42.1 Å². The maximum Gasteiger partial charge on any atom is 0.226 e. The number of nitrogens with zero attached hydrogens (tertiary/aromatic N) is 3. The second kappa shape index (κ2) is 5.27. The van der Waals surface area contributed by atoms with Gasteiger partial charge in [-0.25, -0.2) is 9.97 Å². The molecule has 22 heavy (non-hydrogen) atoms. The number of hydrogen-bond donors (Lipinski definition) is 1. The molecule has 1 fully saturated rings. The fourth-order valence-electron chi connectivity index (χ4n) is 3.42. The van der Waals surface area contributed by atoms with E-state index in [2.05, 4.69) is 41.4 Å². The van der Waals surface area contributed by atoms with Gasteiger partial charge in [-0.3, -0.25) is 0 Å². The molecule has 1 saturated heterocycles. The number of aromatic nitrogens is 2. The second-order valence-electron chi connectivity index (χ2n) is 6.31. The lowest BCUT2D eigenvalue weighted by molar-refractivity contribution is 0.470. The summed E-state index contributed by atoms with van der Waals surface area (Å²) >= 11 is 0. The SMILES string of the molecule is CNc1cccc(-c2nc(N3CC[C@@H]3C)nc3c2CCC3)c1. The number of benzene rings is 1. The largest absolute Gasteiger partial charge is 0.388 e. The molecular formula is C18H22N4. The normalized spacial score (nSPS) is 19.7. The van der Waals surface area contributed by atoms with Crippen LogP contribution in [-0.2, 0) is 12.8 Å². The molecule has 1 aliphatic carbocycles. The van der Waals surface area contributed by atoms with E-state index < -0.39 is 0 Å². The van der Waals surface area contributed by atoms with Gasteiger partial charge >= 0.3 is 0 Å². The minimum atomic E-state index is 0.566. The highest BCUT2D eigenvalue weighted by Gasteiger charge is 2.29. The summed E-state index contributed by atoms with van der Waals surface area (Å²) in [5.41, 5.74) is 6.07. The number of hydrogen-bond acceptors (Lipinski definition) is 4. The van der Waals surface area contributed by atoms with E-state index in [9.17, 15) is 0 Å². The van der Waals surface area contributed by atoms with Crippen molar-refractivity contribution in [2.45, 2.75) is 38.6 Å². The van der Waals surface area contributed by atoms with Crippen molar-refractivity contribution in [3.63, 3.8) is 0 Å². The molecule has 114 valence electrons. The number of rotatable bonds is 3. The van der Waals surface area contributed by atoms with Crippen molar-refractivity contribution in [2.24, 2.45) is 0 Å². The first-order valence-corrected chi connectivity index (χ1v) is 8.21. The van der Waals surface area contributed by atoms with Crippen LogP contribution in [0.3, 0.4) is 0 Å². The van der Waals surface area contributed by atoms with Crippen molar-refractivity contribution in [1.29, 1.82) is 0 Å². The Balaban J connectivity index is 1.83. The maximum atomic E-state index is 4.95. The van der Waals surface area contributed by atoms with E-state index in [1.807, 2.05) is 7.05 Å². The lowest BCUT2D eigenvalue weighted by Gasteiger charge is -2.39. The first kappa shape index (κ1) is 13.6. The van der Waals surface area contributed by atoms with Crippen molar-refractivity contribution < 1.29 is 0 Å². The third kappa shape index (κ3) is 2.14. The van der Waals surface area contributed by atoms with E-state index >= 15 is 0 Å². The monoisotopic (exact) mass is 294 g/mol. The van der Waals surface area contributed by atoms with Crippen LogP contribution in [0.25, 0.3) is 11.3 Å². The summed E-state index contributed by atoms with van der Waals surface area (Å²) in [5.74, 6) is 0.921. The second-order valence-corrected chi connectivity index (χ2v) is 6.31. The Hall–Kier alpha value is -2.10. The van der Waals surface area contributed by atoms with Crippen LogP contribution < -0.4 is 10.2 Å². The van der Waals surface area contributed by atoms with Gasteiger partial charge in [-0.1, -0.05) is 12.1 Å². The molecule has 0 radical (unpaired) electrons. The van der Waals surface area contributed by atoms with Crippen molar-refractivity contribution in [3.8, 4) is 11.3 Å². The summed E-state index contributed by atoms with van der Waals surface area (Å²) in [6.07, 6.45) is 4.63.